The fraction of sp³-hybridized carbons (Fsp3) is 0.368. The van der Waals surface area contributed by atoms with Gasteiger partial charge in [-0.15, -0.1) is 0 Å². The van der Waals surface area contributed by atoms with Crippen LogP contribution < -0.4 is 15.6 Å². The van der Waals surface area contributed by atoms with Crippen molar-refractivity contribution in [3.63, 3.8) is 0 Å². The molecule has 5 heteroatoms. The van der Waals surface area contributed by atoms with Gasteiger partial charge >= 0.3 is 0 Å². The molecule has 1 aromatic heterocycles. The zero-order valence-electron chi connectivity index (χ0n) is 14.4. The summed E-state index contributed by atoms with van der Waals surface area (Å²) in [5, 5.41) is 2.81. The Morgan fingerprint density at radius 3 is 2.54 bits per heavy atom. The fourth-order valence-electron chi connectivity index (χ4n) is 2.27. The molecule has 0 fully saturated rings. The monoisotopic (exact) mass is 328 g/mol. The molecular formula is C19H24N2O3. The average Bonchev–Trinajstić information content (AvgIpc) is 2.56. The van der Waals surface area contributed by atoms with Gasteiger partial charge in [0.15, 0.2) is 5.75 Å². The van der Waals surface area contributed by atoms with Crippen molar-refractivity contribution in [3.05, 3.63) is 58.5 Å². The summed E-state index contributed by atoms with van der Waals surface area (Å²) in [6, 6.07) is 11.1. The maximum atomic E-state index is 12.2. The highest BCUT2D eigenvalue weighted by atomic mass is 16.5. The van der Waals surface area contributed by atoms with Gasteiger partial charge in [0, 0.05) is 11.9 Å². The van der Waals surface area contributed by atoms with Crippen molar-refractivity contribution in [2.75, 3.05) is 11.9 Å². The molecule has 2 aromatic rings. The first-order valence-corrected chi connectivity index (χ1v) is 8.23. The number of pyridine rings is 1. The summed E-state index contributed by atoms with van der Waals surface area (Å²) in [7, 11) is 0. The predicted octanol–water partition coefficient (Wildman–Crippen LogP) is 3.40. The molecule has 0 spiro atoms. The van der Waals surface area contributed by atoms with Gasteiger partial charge in [-0.25, -0.2) is 0 Å². The molecule has 1 aromatic carbocycles. The lowest BCUT2D eigenvalue weighted by molar-refractivity contribution is -0.116. The van der Waals surface area contributed by atoms with Crippen LogP contribution in [0.2, 0.25) is 0 Å². The highest BCUT2D eigenvalue weighted by molar-refractivity contribution is 5.90. The summed E-state index contributed by atoms with van der Waals surface area (Å²) >= 11 is 0. The van der Waals surface area contributed by atoms with Crippen molar-refractivity contribution in [1.29, 1.82) is 0 Å². The van der Waals surface area contributed by atoms with Gasteiger partial charge in [0.05, 0.1) is 6.61 Å². The number of benzene rings is 1. The van der Waals surface area contributed by atoms with E-state index in [0.717, 1.165) is 12.1 Å². The van der Waals surface area contributed by atoms with Gasteiger partial charge in [0.1, 0.15) is 6.54 Å². The minimum absolute atomic E-state index is 0.0475. The minimum atomic E-state index is -0.295. The molecule has 0 saturated heterocycles. The molecule has 0 unspecified atom stereocenters. The molecule has 0 radical (unpaired) electrons. The number of anilines is 1. The highest BCUT2D eigenvalue weighted by Gasteiger charge is 2.09. The van der Waals surface area contributed by atoms with E-state index < -0.39 is 0 Å². The lowest BCUT2D eigenvalue weighted by Gasteiger charge is -2.10. The van der Waals surface area contributed by atoms with E-state index in [1.165, 1.54) is 10.1 Å². The molecule has 5 nitrogen and oxygen atoms in total. The Hall–Kier alpha value is -2.56. The molecule has 2 rings (SSSR count). The number of hydrogen-bond donors (Lipinski definition) is 1. The summed E-state index contributed by atoms with van der Waals surface area (Å²) in [4.78, 5) is 24.4. The van der Waals surface area contributed by atoms with E-state index in [0.29, 0.717) is 12.5 Å². The van der Waals surface area contributed by atoms with Gasteiger partial charge in [-0.05, 0) is 42.2 Å². The fourth-order valence-corrected chi connectivity index (χ4v) is 2.27. The number of amides is 1. The van der Waals surface area contributed by atoms with E-state index in [1.807, 2.05) is 31.2 Å². The highest BCUT2D eigenvalue weighted by Crippen LogP contribution is 2.17. The number of carbonyl (C=O) groups excluding carboxylic acids is 1. The van der Waals surface area contributed by atoms with E-state index in [4.69, 9.17) is 4.74 Å². The minimum Gasteiger partial charge on any atom is -0.488 e. The Morgan fingerprint density at radius 1 is 1.21 bits per heavy atom. The lowest BCUT2D eigenvalue weighted by Crippen LogP contribution is -2.28. The number of hydrogen-bond acceptors (Lipinski definition) is 3. The molecule has 1 N–H and O–H groups in total. The van der Waals surface area contributed by atoms with Crippen molar-refractivity contribution in [3.8, 4) is 5.75 Å². The first-order chi connectivity index (χ1) is 11.5. The third kappa shape index (κ3) is 4.72. The average molecular weight is 328 g/mol. The summed E-state index contributed by atoms with van der Waals surface area (Å²) in [5.41, 5.74) is 1.64. The zero-order chi connectivity index (χ0) is 17.5. The number of aromatic nitrogens is 1. The Labute approximate surface area is 142 Å². The Bertz CT molecular complexity index is 733. The van der Waals surface area contributed by atoms with E-state index in [1.54, 1.807) is 18.3 Å². The second kappa shape index (κ2) is 8.34. The van der Waals surface area contributed by atoms with Crippen LogP contribution in [0.1, 0.15) is 38.7 Å². The second-order valence-electron chi connectivity index (χ2n) is 5.98. The molecule has 0 aliphatic heterocycles. The Balaban J connectivity index is 2.03. The third-order valence-corrected chi connectivity index (χ3v) is 3.62. The van der Waals surface area contributed by atoms with Crippen LogP contribution >= 0.6 is 0 Å². The predicted molar refractivity (Wildman–Crippen MR) is 95.6 cm³/mol. The number of rotatable bonds is 7. The molecule has 0 saturated carbocycles. The zero-order valence-corrected chi connectivity index (χ0v) is 14.4. The van der Waals surface area contributed by atoms with Crippen LogP contribution in [0, 0.1) is 0 Å². The second-order valence-corrected chi connectivity index (χ2v) is 5.98. The van der Waals surface area contributed by atoms with E-state index in [9.17, 15) is 9.59 Å². The maximum Gasteiger partial charge on any atom is 0.293 e. The smallest absolute Gasteiger partial charge is 0.293 e. The van der Waals surface area contributed by atoms with E-state index in [-0.39, 0.29) is 23.8 Å². The molecule has 0 bridgehead atoms. The molecule has 0 aliphatic carbocycles. The van der Waals surface area contributed by atoms with Crippen LogP contribution in [0.25, 0.3) is 0 Å². The van der Waals surface area contributed by atoms with Gasteiger partial charge in [-0.3, -0.25) is 9.59 Å². The SMILES string of the molecule is CCCOc1cccn(CC(=O)Nc2ccc(C(C)C)cc2)c1=O. The molecule has 0 atom stereocenters. The Morgan fingerprint density at radius 2 is 1.92 bits per heavy atom. The number of nitrogens with one attached hydrogen (secondary N) is 1. The van der Waals surface area contributed by atoms with Crippen molar-refractivity contribution >= 4 is 11.6 Å². The molecule has 24 heavy (non-hydrogen) atoms. The van der Waals surface area contributed by atoms with Gasteiger partial charge in [-0.1, -0.05) is 32.9 Å². The van der Waals surface area contributed by atoms with Crippen LogP contribution in [-0.2, 0) is 11.3 Å². The Kier molecular flexibility index (Phi) is 6.18. The van der Waals surface area contributed by atoms with Crippen LogP contribution in [0.3, 0.4) is 0 Å². The van der Waals surface area contributed by atoms with Crippen molar-refractivity contribution in [1.82, 2.24) is 4.57 Å². The van der Waals surface area contributed by atoms with Crippen LogP contribution in [0.4, 0.5) is 5.69 Å². The van der Waals surface area contributed by atoms with Crippen LogP contribution in [0.5, 0.6) is 5.75 Å². The first kappa shape index (κ1) is 17.8. The molecular weight excluding hydrogens is 304 g/mol. The summed E-state index contributed by atoms with van der Waals surface area (Å²) in [5.74, 6) is 0.467. The van der Waals surface area contributed by atoms with Gasteiger partial charge in [0.2, 0.25) is 5.91 Å². The number of carbonyl (C=O) groups is 1. The van der Waals surface area contributed by atoms with Crippen LogP contribution in [0.15, 0.2) is 47.4 Å². The summed E-state index contributed by atoms with van der Waals surface area (Å²) in [6.07, 6.45) is 2.41. The van der Waals surface area contributed by atoms with Gasteiger partial charge in [0.25, 0.3) is 5.56 Å². The molecule has 1 heterocycles. The molecule has 0 aliphatic rings. The van der Waals surface area contributed by atoms with Gasteiger partial charge < -0.3 is 14.6 Å². The lowest BCUT2D eigenvalue weighted by atomic mass is 10.0. The number of nitrogens with zero attached hydrogens (tertiary/aromatic N) is 1. The summed E-state index contributed by atoms with van der Waals surface area (Å²) < 4.78 is 6.75. The summed E-state index contributed by atoms with van der Waals surface area (Å²) in [6.45, 7) is 6.64. The van der Waals surface area contributed by atoms with Crippen molar-refractivity contribution in [2.45, 2.75) is 39.7 Å². The third-order valence-electron chi connectivity index (χ3n) is 3.62. The maximum absolute atomic E-state index is 12.2. The van der Waals surface area contributed by atoms with Crippen LogP contribution in [-0.4, -0.2) is 17.1 Å². The topological polar surface area (TPSA) is 60.3 Å². The quantitative estimate of drug-likeness (QED) is 0.847. The first-order valence-electron chi connectivity index (χ1n) is 8.23. The van der Waals surface area contributed by atoms with E-state index >= 15 is 0 Å². The van der Waals surface area contributed by atoms with E-state index in [2.05, 4.69) is 19.2 Å². The largest absolute Gasteiger partial charge is 0.488 e. The van der Waals surface area contributed by atoms with Crippen molar-refractivity contribution < 1.29 is 9.53 Å². The normalized spacial score (nSPS) is 10.7. The molecule has 1 amide bonds. The standard InChI is InChI=1S/C19H24N2O3/c1-4-12-24-17-6-5-11-21(19(17)23)13-18(22)20-16-9-7-15(8-10-16)14(2)3/h5-11,14H,4,12-13H2,1-3H3,(H,20,22). The molecule has 128 valence electrons. The van der Waals surface area contributed by atoms with Gasteiger partial charge in [-0.2, -0.15) is 0 Å². The van der Waals surface area contributed by atoms with Crippen molar-refractivity contribution in [2.24, 2.45) is 0 Å². The number of ether oxygens (including phenoxy) is 1.